The first kappa shape index (κ1) is 17.0. The third kappa shape index (κ3) is 3.64. The van der Waals surface area contributed by atoms with Gasteiger partial charge in [-0.2, -0.15) is 0 Å². The van der Waals surface area contributed by atoms with Crippen molar-refractivity contribution in [1.82, 2.24) is 4.90 Å². The van der Waals surface area contributed by atoms with Gasteiger partial charge in [0.05, 0.1) is 17.0 Å². The fourth-order valence-electron chi connectivity index (χ4n) is 2.51. The average Bonchev–Trinajstić information content (AvgIpc) is 2.84. The number of carboxylic acids is 1. The minimum atomic E-state index is -1.04. The van der Waals surface area contributed by atoms with Crippen LogP contribution in [-0.4, -0.2) is 27.1 Å². The SMILES string of the molecule is Cc1ccccc1CN1C(=O)S/C(=C\c2cccc(C(=O)O)c2)C1=O. The van der Waals surface area contributed by atoms with Crippen molar-refractivity contribution in [1.29, 1.82) is 0 Å². The number of aromatic carboxylic acids is 1. The van der Waals surface area contributed by atoms with E-state index < -0.39 is 5.97 Å². The van der Waals surface area contributed by atoms with Crippen LogP contribution < -0.4 is 0 Å². The molecule has 5 nitrogen and oxygen atoms in total. The molecular weight excluding hydrogens is 338 g/mol. The molecular formula is C19H15NO4S. The summed E-state index contributed by atoms with van der Waals surface area (Å²) in [5.41, 5.74) is 2.63. The molecule has 1 heterocycles. The van der Waals surface area contributed by atoms with Gasteiger partial charge in [-0.15, -0.1) is 0 Å². The van der Waals surface area contributed by atoms with Crippen molar-refractivity contribution in [2.45, 2.75) is 13.5 Å². The van der Waals surface area contributed by atoms with Gasteiger partial charge in [0, 0.05) is 0 Å². The standard InChI is InChI=1S/C19H15NO4S/c1-12-5-2-3-7-15(12)11-20-17(21)16(25-19(20)24)10-13-6-4-8-14(9-13)18(22)23/h2-10H,11H2,1H3,(H,22,23)/b16-10-. The number of aryl methyl sites for hydroxylation is 1. The summed E-state index contributed by atoms with van der Waals surface area (Å²) in [4.78, 5) is 37.3. The Morgan fingerprint density at radius 2 is 1.92 bits per heavy atom. The van der Waals surface area contributed by atoms with E-state index in [1.54, 1.807) is 18.2 Å². The monoisotopic (exact) mass is 353 g/mol. The number of benzene rings is 2. The van der Waals surface area contributed by atoms with Gasteiger partial charge in [-0.1, -0.05) is 36.4 Å². The molecule has 6 heteroatoms. The fraction of sp³-hybridized carbons (Fsp3) is 0.105. The van der Waals surface area contributed by atoms with Crippen LogP contribution in [0.15, 0.2) is 53.4 Å². The molecule has 0 spiro atoms. The maximum atomic E-state index is 12.6. The smallest absolute Gasteiger partial charge is 0.335 e. The van der Waals surface area contributed by atoms with Crippen molar-refractivity contribution in [3.63, 3.8) is 0 Å². The first-order valence-electron chi connectivity index (χ1n) is 7.59. The lowest BCUT2D eigenvalue weighted by molar-refractivity contribution is -0.123. The van der Waals surface area contributed by atoms with Crippen molar-refractivity contribution in [3.8, 4) is 0 Å². The van der Waals surface area contributed by atoms with Crippen LogP contribution in [0.25, 0.3) is 6.08 Å². The molecule has 1 fully saturated rings. The molecule has 0 saturated carbocycles. The molecule has 2 amide bonds. The van der Waals surface area contributed by atoms with Crippen molar-refractivity contribution >= 4 is 35.0 Å². The van der Waals surface area contributed by atoms with Crippen LogP contribution >= 0.6 is 11.8 Å². The highest BCUT2D eigenvalue weighted by Gasteiger charge is 2.35. The second-order valence-corrected chi connectivity index (χ2v) is 6.62. The van der Waals surface area contributed by atoms with E-state index >= 15 is 0 Å². The van der Waals surface area contributed by atoms with E-state index in [4.69, 9.17) is 5.11 Å². The Bertz CT molecular complexity index is 904. The number of nitrogens with zero attached hydrogens (tertiary/aromatic N) is 1. The fourth-order valence-corrected chi connectivity index (χ4v) is 3.35. The molecule has 0 aliphatic carbocycles. The van der Waals surface area contributed by atoms with Crippen LogP contribution in [0.2, 0.25) is 0 Å². The molecule has 2 aromatic rings. The zero-order valence-electron chi connectivity index (χ0n) is 13.4. The Hall–Kier alpha value is -2.86. The van der Waals surface area contributed by atoms with Gasteiger partial charge in [-0.25, -0.2) is 4.79 Å². The normalized spacial score (nSPS) is 15.9. The van der Waals surface area contributed by atoms with E-state index in [1.807, 2.05) is 31.2 Å². The summed E-state index contributed by atoms with van der Waals surface area (Å²) < 4.78 is 0. The molecule has 126 valence electrons. The van der Waals surface area contributed by atoms with Gasteiger partial charge in [0.2, 0.25) is 0 Å². The maximum Gasteiger partial charge on any atom is 0.335 e. The third-order valence-electron chi connectivity index (χ3n) is 3.89. The van der Waals surface area contributed by atoms with Crippen molar-refractivity contribution in [2.24, 2.45) is 0 Å². The van der Waals surface area contributed by atoms with Crippen molar-refractivity contribution in [3.05, 3.63) is 75.7 Å². The maximum absolute atomic E-state index is 12.6. The number of amides is 2. The minimum Gasteiger partial charge on any atom is -0.478 e. The summed E-state index contributed by atoms with van der Waals surface area (Å²) in [5.74, 6) is -1.40. The summed E-state index contributed by atoms with van der Waals surface area (Å²) in [5, 5.41) is 8.72. The molecule has 0 aromatic heterocycles. The van der Waals surface area contributed by atoms with Crippen LogP contribution in [0.5, 0.6) is 0 Å². The zero-order valence-corrected chi connectivity index (χ0v) is 14.2. The van der Waals surface area contributed by atoms with E-state index in [-0.39, 0.29) is 23.3 Å². The third-order valence-corrected chi connectivity index (χ3v) is 4.80. The Kier molecular flexibility index (Phi) is 4.72. The number of hydrogen-bond acceptors (Lipinski definition) is 4. The number of carbonyl (C=O) groups is 3. The largest absolute Gasteiger partial charge is 0.478 e. The molecule has 1 saturated heterocycles. The number of rotatable bonds is 4. The summed E-state index contributed by atoms with van der Waals surface area (Å²) in [6.07, 6.45) is 1.55. The first-order chi connectivity index (χ1) is 12.0. The number of imide groups is 1. The number of carboxylic acid groups (broad SMARTS) is 1. The molecule has 1 aliphatic rings. The van der Waals surface area contributed by atoms with Gasteiger partial charge >= 0.3 is 5.97 Å². The lowest BCUT2D eigenvalue weighted by atomic mass is 10.1. The highest BCUT2D eigenvalue weighted by molar-refractivity contribution is 8.18. The van der Waals surface area contributed by atoms with E-state index in [1.165, 1.54) is 17.0 Å². The van der Waals surface area contributed by atoms with Crippen molar-refractivity contribution < 1.29 is 19.5 Å². The summed E-state index contributed by atoms with van der Waals surface area (Å²) in [6, 6.07) is 13.8. The minimum absolute atomic E-state index is 0.132. The van der Waals surface area contributed by atoms with E-state index in [9.17, 15) is 14.4 Å². The second-order valence-electron chi connectivity index (χ2n) is 5.62. The average molecular weight is 353 g/mol. The lowest BCUT2D eigenvalue weighted by Gasteiger charge is -2.14. The molecule has 3 rings (SSSR count). The summed E-state index contributed by atoms with van der Waals surface area (Å²) >= 11 is 0.867. The van der Waals surface area contributed by atoms with Crippen LogP contribution in [0, 0.1) is 6.92 Å². The zero-order chi connectivity index (χ0) is 18.0. The lowest BCUT2D eigenvalue weighted by Crippen LogP contribution is -2.27. The predicted molar refractivity (Wildman–Crippen MR) is 96.1 cm³/mol. The summed E-state index contributed by atoms with van der Waals surface area (Å²) in [7, 11) is 0. The van der Waals surface area contributed by atoms with Crippen molar-refractivity contribution in [2.75, 3.05) is 0 Å². The predicted octanol–water partition coefficient (Wildman–Crippen LogP) is 3.93. The van der Waals surface area contributed by atoms with E-state index in [2.05, 4.69) is 0 Å². The first-order valence-corrected chi connectivity index (χ1v) is 8.40. The van der Waals surface area contributed by atoms with Gasteiger partial charge in [-0.3, -0.25) is 14.5 Å². The summed E-state index contributed by atoms with van der Waals surface area (Å²) in [6.45, 7) is 2.16. The number of carbonyl (C=O) groups excluding carboxylic acids is 2. The van der Waals surface area contributed by atoms with E-state index in [0.717, 1.165) is 22.9 Å². The van der Waals surface area contributed by atoms with Gasteiger partial charge in [0.15, 0.2) is 0 Å². The second kappa shape index (κ2) is 6.94. The quantitative estimate of drug-likeness (QED) is 0.843. The van der Waals surface area contributed by atoms with Gasteiger partial charge in [0.25, 0.3) is 11.1 Å². The molecule has 0 radical (unpaired) electrons. The molecule has 1 N–H and O–H groups in total. The highest BCUT2D eigenvalue weighted by atomic mass is 32.2. The Morgan fingerprint density at radius 1 is 1.16 bits per heavy atom. The number of thioether (sulfide) groups is 1. The molecule has 0 bridgehead atoms. The van der Waals surface area contributed by atoms with Crippen LogP contribution in [0.3, 0.4) is 0 Å². The Labute approximate surface area is 149 Å². The molecule has 0 atom stereocenters. The van der Waals surface area contributed by atoms with E-state index in [0.29, 0.717) is 10.5 Å². The Morgan fingerprint density at radius 3 is 2.64 bits per heavy atom. The molecule has 2 aromatic carbocycles. The molecule has 1 aliphatic heterocycles. The van der Waals surface area contributed by atoms with Gasteiger partial charge < -0.3 is 5.11 Å². The molecule has 25 heavy (non-hydrogen) atoms. The number of hydrogen-bond donors (Lipinski definition) is 1. The van der Waals surface area contributed by atoms with Crippen LogP contribution in [0.1, 0.15) is 27.0 Å². The van der Waals surface area contributed by atoms with Gasteiger partial charge in [-0.05, 0) is 53.6 Å². The molecule has 0 unspecified atom stereocenters. The Balaban J connectivity index is 1.85. The van der Waals surface area contributed by atoms with Gasteiger partial charge in [0.1, 0.15) is 0 Å². The van der Waals surface area contributed by atoms with Crippen LogP contribution in [0.4, 0.5) is 4.79 Å². The highest BCUT2D eigenvalue weighted by Crippen LogP contribution is 2.33. The van der Waals surface area contributed by atoms with Crippen LogP contribution in [-0.2, 0) is 11.3 Å². The topological polar surface area (TPSA) is 74.7 Å².